The van der Waals surface area contributed by atoms with Gasteiger partial charge in [0.2, 0.25) is 5.91 Å². The molecule has 6 N–H and O–H groups in total. The number of benzene rings is 2. The molecule has 0 saturated carbocycles. The molecule has 0 aliphatic carbocycles. The summed E-state index contributed by atoms with van der Waals surface area (Å²) in [5.74, 6) is -1.65. The molecule has 3 rings (SSSR count). The van der Waals surface area contributed by atoms with E-state index in [-0.39, 0.29) is 13.0 Å². The van der Waals surface area contributed by atoms with E-state index >= 15 is 0 Å². The van der Waals surface area contributed by atoms with Gasteiger partial charge < -0.3 is 26.5 Å². The van der Waals surface area contributed by atoms with Crippen LogP contribution in [-0.4, -0.2) is 34.0 Å². The average molecular weight is 380 g/mol. The zero-order chi connectivity index (χ0) is 20.1. The number of nitrogens with two attached hydrogens (primary N) is 1. The number of H-pyrrole nitrogens is 1. The van der Waals surface area contributed by atoms with Crippen LogP contribution in [0.2, 0.25) is 0 Å². The van der Waals surface area contributed by atoms with Crippen molar-refractivity contribution in [3.63, 3.8) is 0 Å². The Kier molecular flexibility index (Phi) is 5.59. The fourth-order valence-electron chi connectivity index (χ4n) is 2.90. The van der Waals surface area contributed by atoms with Crippen LogP contribution in [0.5, 0.6) is 0 Å². The molecule has 28 heavy (non-hydrogen) atoms. The van der Waals surface area contributed by atoms with Crippen molar-refractivity contribution in [3.05, 3.63) is 71.4 Å². The van der Waals surface area contributed by atoms with Gasteiger partial charge in [-0.2, -0.15) is 0 Å². The van der Waals surface area contributed by atoms with Crippen molar-refractivity contribution in [2.24, 2.45) is 5.73 Å². The van der Waals surface area contributed by atoms with Crippen LogP contribution in [0.3, 0.4) is 0 Å². The number of carboxylic acids is 1. The van der Waals surface area contributed by atoms with E-state index in [2.05, 4.69) is 15.6 Å². The van der Waals surface area contributed by atoms with E-state index in [0.717, 1.165) is 22.0 Å². The number of para-hydroxylation sites is 1. The Bertz CT molecular complexity index is 1010. The molecular formula is C20H20N4O4. The minimum Gasteiger partial charge on any atom is -0.480 e. The van der Waals surface area contributed by atoms with Gasteiger partial charge in [0.15, 0.2) is 0 Å². The molecule has 0 radical (unpaired) electrons. The molecule has 1 aromatic heterocycles. The number of carbonyl (C=O) groups excluding carboxylic acids is 2. The second-order valence-electron chi connectivity index (χ2n) is 6.34. The summed E-state index contributed by atoms with van der Waals surface area (Å²) in [5, 5.41) is 15.5. The second kappa shape index (κ2) is 8.26. The number of carbonyl (C=O) groups is 3. The number of carboxylic acid groups (broad SMARTS) is 1. The predicted octanol–water partition coefficient (Wildman–Crippen LogP) is 1.76. The van der Waals surface area contributed by atoms with Gasteiger partial charge in [0, 0.05) is 35.6 Å². The molecule has 0 unspecified atom stereocenters. The quantitative estimate of drug-likeness (QED) is 0.426. The smallest absolute Gasteiger partial charge is 0.326 e. The highest BCUT2D eigenvalue weighted by atomic mass is 16.4. The molecule has 3 amide bonds. The monoisotopic (exact) mass is 380 g/mol. The third-order valence-corrected chi connectivity index (χ3v) is 4.39. The number of nitrogens with one attached hydrogen (secondary N) is 3. The van der Waals surface area contributed by atoms with Crippen molar-refractivity contribution >= 4 is 28.8 Å². The van der Waals surface area contributed by atoms with Gasteiger partial charge in [-0.25, -0.2) is 9.59 Å². The standard InChI is InChI=1S/C20H20N4O4/c21-18(25)13-7-5-12(6-8-13)10-23-20(28)24-17(19(26)27)9-14-11-22-16-4-2-1-3-15(14)16/h1-8,11,17,22H,9-10H2,(H2,21,25)(H,26,27)(H2,23,24,28)/t17-/m0/s1. The van der Waals surface area contributed by atoms with Crippen LogP contribution in [0.1, 0.15) is 21.5 Å². The highest BCUT2D eigenvalue weighted by Gasteiger charge is 2.21. The third kappa shape index (κ3) is 4.47. The molecule has 2 aromatic carbocycles. The van der Waals surface area contributed by atoms with Gasteiger partial charge in [-0.05, 0) is 29.3 Å². The lowest BCUT2D eigenvalue weighted by Crippen LogP contribution is -2.46. The first-order valence-electron chi connectivity index (χ1n) is 8.65. The minimum atomic E-state index is -1.12. The Morgan fingerprint density at radius 1 is 1.07 bits per heavy atom. The number of hydrogen-bond acceptors (Lipinski definition) is 3. The van der Waals surface area contributed by atoms with Crippen LogP contribution < -0.4 is 16.4 Å². The van der Waals surface area contributed by atoms with Crippen molar-refractivity contribution in [1.29, 1.82) is 0 Å². The van der Waals surface area contributed by atoms with Gasteiger partial charge in [0.05, 0.1) is 0 Å². The van der Waals surface area contributed by atoms with Gasteiger partial charge in [-0.15, -0.1) is 0 Å². The van der Waals surface area contributed by atoms with Crippen molar-refractivity contribution in [2.75, 3.05) is 0 Å². The first-order chi connectivity index (χ1) is 13.4. The molecule has 0 aliphatic heterocycles. The molecule has 1 atom stereocenters. The van der Waals surface area contributed by atoms with Crippen LogP contribution in [0.4, 0.5) is 4.79 Å². The lowest BCUT2D eigenvalue weighted by Gasteiger charge is -2.15. The molecule has 0 bridgehead atoms. The molecule has 0 saturated heterocycles. The molecule has 144 valence electrons. The Morgan fingerprint density at radius 2 is 1.79 bits per heavy atom. The Labute approximate surface area is 160 Å². The van der Waals surface area contributed by atoms with E-state index in [0.29, 0.717) is 5.56 Å². The summed E-state index contributed by atoms with van der Waals surface area (Å²) in [6.07, 6.45) is 1.90. The van der Waals surface area contributed by atoms with Crippen molar-refractivity contribution in [3.8, 4) is 0 Å². The summed E-state index contributed by atoms with van der Waals surface area (Å²) in [4.78, 5) is 37.9. The highest BCUT2D eigenvalue weighted by molar-refractivity contribution is 5.92. The Balaban J connectivity index is 1.60. The fourth-order valence-corrected chi connectivity index (χ4v) is 2.90. The van der Waals surface area contributed by atoms with E-state index in [4.69, 9.17) is 5.73 Å². The third-order valence-electron chi connectivity index (χ3n) is 4.39. The summed E-state index contributed by atoms with van der Waals surface area (Å²) in [5.41, 5.74) is 8.03. The fraction of sp³-hybridized carbons (Fsp3) is 0.150. The number of fused-ring (bicyclic) bond motifs is 1. The summed E-state index contributed by atoms with van der Waals surface area (Å²) < 4.78 is 0. The van der Waals surface area contributed by atoms with Crippen molar-refractivity contribution in [1.82, 2.24) is 15.6 Å². The number of hydrogen-bond donors (Lipinski definition) is 5. The van der Waals surface area contributed by atoms with Crippen LogP contribution in [0.15, 0.2) is 54.7 Å². The number of aliphatic carboxylic acids is 1. The summed E-state index contributed by atoms with van der Waals surface area (Å²) in [6, 6.07) is 12.4. The zero-order valence-electron chi connectivity index (χ0n) is 14.9. The number of rotatable bonds is 7. The summed E-state index contributed by atoms with van der Waals surface area (Å²) in [7, 11) is 0. The molecular weight excluding hydrogens is 360 g/mol. The number of amides is 3. The maximum atomic E-state index is 12.1. The van der Waals surface area contributed by atoms with Gasteiger partial charge >= 0.3 is 12.0 Å². The SMILES string of the molecule is NC(=O)c1ccc(CNC(=O)N[C@@H](Cc2c[nH]c3ccccc23)C(=O)O)cc1. The minimum absolute atomic E-state index is 0.153. The van der Waals surface area contributed by atoms with E-state index in [1.165, 1.54) is 0 Å². The lowest BCUT2D eigenvalue weighted by atomic mass is 10.1. The number of primary amides is 1. The molecule has 3 aromatic rings. The number of aromatic nitrogens is 1. The Morgan fingerprint density at radius 3 is 2.46 bits per heavy atom. The molecule has 1 heterocycles. The van der Waals surface area contributed by atoms with Crippen LogP contribution in [0, 0.1) is 0 Å². The molecule has 0 aliphatic rings. The van der Waals surface area contributed by atoms with Crippen molar-refractivity contribution < 1.29 is 19.5 Å². The number of urea groups is 1. The van der Waals surface area contributed by atoms with Gasteiger partial charge in [0.25, 0.3) is 0 Å². The topological polar surface area (TPSA) is 137 Å². The maximum absolute atomic E-state index is 12.1. The Hall–Kier alpha value is -3.81. The van der Waals surface area contributed by atoms with Crippen LogP contribution >= 0.6 is 0 Å². The normalized spacial score (nSPS) is 11.7. The zero-order valence-corrected chi connectivity index (χ0v) is 14.9. The molecule has 0 fully saturated rings. The highest BCUT2D eigenvalue weighted by Crippen LogP contribution is 2.19. The van der Waals surface area contributed by atoms with E-state index in [9.17, 15) is 19.5 Å². The first kappa shape index (κ1) is 19.0. The predicted molar refractivity (Wildman–Crippen MR) is 104 cm³/mol. The molecule has 8 nitrogen and oxygen atoms in total. The maximum Gasteiger partial charge on any atom is 0.326 e. The van der Waals surface area contributed by atoms with E-state index < -0.39 is 23.9 Å². The summed E-state index contributed by atoms with van der Waals surface area (Å²) in [6.45, 7) is 0.185. The van der Waals surface area contributed by atoms with Gasteiger partial charge in [-0.1, -0.05) is 30.3 Å². The largest absolute Gasteiger partial charge is 0.480 e. The lowest BCUT2D eigenvalue weighted by molar-refractivity contribution is -0.139. The van der Waals surface area contributed by atoms with Gasteiger partial charge in [-0.3, -0.25) is 4.79 Å². The van der Waals surface area contributed by atoms with Crippen LogP contribution in [-0.2, 0) is 17.8 Å². The van der Waals surface area contributed by atoms with Crippen LogP contribution in [0.25, 0.3) is 10.9 Å². The van der Waals surface area contributed by atoms with E-state index in [1.807, 2.05) is 24.3 Å². The molecule has 8 heteroatoms. The first-order valence-corrected chi connectivity index (χ1v) is 8.65. The van der Waals surface area contributed by atoms with Gasteiger partial charge in [0.1, 0.15) is 6.04 Å². The summed E-state index contributed by atoms with van der Waals surface area (Å²) >= 11 is 0. The second-order valence-corrected chi connectivity index (χ2v) is 6.34. The number of aromatic amines is 1. The van der Waals surface area contributed by atoms with E-state index in [1.54, 1.807) is 30.5 Å². The van der Waals surface area contributed by atoms with Crippen molar-refractivity contribution in [2.45, 2.75) is 19.0 Å². The average Bonchev–Trinajstić information content (AvgIpc) is 3.09. The molecule has 0 spiro atoms.